The van der Waals surface area contributed by atoms with Crippen molar-refractivity contribution in [3.63, 3.8) is 0 Å². The molecule has 0 N–H and O–H groups in total. The molecular weight excluding hydrogens is 427 g/mol. The largest absolute Gasteiger partial charge is 0.478 e. The lowest BCUT2D eigenvalue weighted by atomic mass is 10.0. The molecule has 0 unspecified atom stereocenters. The van der Waals surface area contributed by atoms with Gasteiger partial charge in [0.15, 0.2) is 0 Å². The summed E-state index contributed by atoms with van der Waals surface area (Å²) in [7, 11) is 11.2. The summed E-state index contributed by atoms with van der Waals surface area (Å²) in [6, 6.07) is 4.16. The van der Waals surface area contributed by atoms with Gasteiger partial charge in [-0.2, -0.15) is 19.9 Å². The smallest absolute Gasteiger partial charge is 0.320 e. The van der Waals surface area contributed by atoms with E-state index in [0.29, 0.717) is 34.0 Å². The number of ether oxygens (including phenoxy) is 4. The molecule has 0 fully saturated rings. The predicted molar refractivity (Wildman–Crippen MR) is 125 cm³/mol. The van der Waals surface area contributed by atoms with Gasteiger partial charge < -0.3 is 27.8 Å². The Morgan fingerprint density at radius 3 is 1.42 bits per heavy atom. The topological polar surface area (TPSA) is 115 Å². The highest BCUT2D eigenvalue weighted by molar-refractivity contribution is 6.08. The molecule has 4 aromatic rings. The van der Waals surface area contributed by atoms with Crippen LogP contribution in [0.5, 0.6) is 23.8 Å². The second kappa shape index (κ2) is 12.5. The molecule has 0 aromatic carbocycles. The molecule has 33 heavy (non-hydrogen) atoms. The third-order valence-electron chi connectivity index (χ3n) is 4.20. The summed E-state index contributed by atoms with van der Waals surface area (Å²) in [4.78, 5) is 16.2. The minimum atomic E-state index is 0.273. The quantitative estimate of drug-likeness (QED) is 0.385. The van der Waals surface area contributed by atoms with Gasteiger partial charge in [-0.3, -0.25) is 0 Å². The number of fused-ring (bicyclic) bond motifs is 2. The lowest BCUT2D eigenvalue weighted by Crippen LogP contribution is -1.95. The first-order chi connectivity index (χ1) is 15.9. The number of aromatic nitrogens is 4. The highest BCUT2D eigenvalue weighted by Gasteiger charge is 2.13. The number of methoxy groups -OCH3 is 4. The molecule has 10 nitrogen and oxygen atoms in total. The van der Waals surface area contributed by atoms with Crippen LogP contribution in [-0.2, 0) is 0 Å². The molecule has 0 saturated carbocycles. The number of hydrogen-bond donors (Lipinski definition) is 0. The lowest BCUT2D eigenvalue weighted by molar-refractivity contribution is 0.352. The maximum Gasteiger partial charge on any atom is 0.320 e. The van der Waals surface area contributed by atoms with Gasteiger partial charge in [0.2, 0.25) is 11.2 Å². The van der Waals surface area contributed by atoms with Gasteiger partial charge in [-0.25, -0.2) is 0 Å². The van der Waals surface area contributed by atoms with Gasteiger partial charge in [0.05, 0.1) is 36.3 Å². The maximum absolute atomic E-state index is 5.38. The van der Waals surface area contributed by atoms with E-state index in [1.165, 1.54) is 41.3 Å². The zero-order valence-electron chi connectivity index (χ0n) is 20.1. The van der Waals surface area contributed by atoms with Crippen LogP contribution in [0.15, 0.2) is 21.0 Å². The van der Waals surface area contributed by atoms with Crippen molar-refractivity contribution in [2.24, 2.45) is 0 Å². The molecule has 0 aliphatic carbocycles. The van der Waals surface area contributed by atoms with E-state index in [9.17, 15) is 0 Å². The summed E-state index contributed by atoms with van der Waals surface area (Å²) in [6.45, 7) is 5.81. The molecule has 11 heteroatoms. The monoisotopic (exact) mass is 456 g/mol. The number of rotatable bonds is 6. The van der Waals surface area contributed by atoms with E-state index in [2.05, 4.69) is 26.9 Å². The molecule has 0 aliphatic rings. The summed E-state index contributed by atoms with van der Waals surface area (Å²) in [5, 5.41) is 0. The third kappa shape index (κ3) is 6.74. The average Bonchev–Trinajstić information content (AvgIpc) is 3.39. The fourth-order valence-electron chi connectivity index (χ4n) is 2.67. The lowest BCUT2D eigenvalue weighted by Gasteiger charge is -2.01. The molecule has 176 valence electrons. The molecule has 4 heterocycles. The predicted octanol–water partition coefficient (Wildman–Crippen LogP) is 4.47. The number of furan rings is 2. The highest BCUT2D eigenvalue weighted by Crippen LogP contribution is 2.28. The molecule has 4 aromatic heterocycles. The maximum atomic E-state index is 5.38. The molecule has 0 bridgehead atoms. The van der Waals surface area contributed by atoms with Crippen LogP contribution in [-0.4, -0.2) is 56.2 Å². The van der Waals surface area contributed by atoms with Crippen LogP contribution in [0.1, 0.15) is 31.3 Å². The first-order valence-electron chi connectivity index (χ1n) is 10.3. The zero-order chi connectivity index (χ0) is 24.4. The Morgan fingerprint density at radius 1 is 0.727 bits per heavy atom. The van der Waals surface area contributed by atoms with Crippen LogP contribution in [0, 0.1) is 13.8 Å². The molecule has 4 rings (SSSR count). The van der Waals surface area contributed by atoms with Gasteiger partial charge in [-0.15, -0.1) is 0 Å². The Bertz CT molecular complexity index is 1070. The summed E-state index contributed by atoms with van der Waals surface area (Å²) in [6.07, 6.45) is 3.23. The van der Waals surface area contributed by atoms with E-state index in [4.69, 9.17) is 35.6 Å². The Balaban J connectivity index is 0.000000195. The minimum Gasteiger partial charge on any atom is -0.478 e. The first kappa shape index (κ1) is 25.8. The first-order valence-corrected chi connectivity index (χ1v) is 10.3. The van der Waals surface area contributed by atoms with Gasteiger partial charge in [0, 0.05) is 12.1 Å². The van der Waals surface area contributed by atoms with Crippen LogP contribution in [0.3, 0.4) is 0 Å². The molecule has 0 amide bonds. The number of unbranched alkanes of at least 4 members (excludes halogenated alkanes) is 1. The third-order valence-corrected chi connectivity index (χ3v) is 4.20. The minimum absolute atomic E-state index is 0.273. The number of nitrogens with zero attached hydrogens (tertiary/aromatic N) is 4. The van der Waals surface area contributed by atoms with Crippen LogP contribution in [0.2, 0.25) is 6.32 Å². The van der Waals surface area contributed by atoms with Crippen molar-refractivity contribution in [2.45, 2.75) is 39.9 Å². The Labute approximate surface area is 194 Å². The van der Waals surface area contributed by atoms with E-state index in [1.54, 1.807) is 0 Å². The standard InChI is InChI=1S/2C9H10N2O3.C4H9B/c2*1-5-4-6-7(14-5)8(12-2)11-9(10-6)13-3;1-2-3-4-5/h2*4H,1-3H3;2-4H2,1H3. The second-order valence-corrected chi connectivity index (χ2v) is 6.72. The Kier molecular flexibility index (Phi) is 9.77. The Hall–Kier alpha value is -3.50. The van der Waals surface area contributed by atoms with Crippen LogP contribution >= 0.6 is 0 Å². The molecule has 0 spiro atoms. The fourth-order valence-corrected chi connectivity index (χ4v) is 2.67. The fraction of sp³-hybridized carbons (Fsp3) is 0.455. The van der Waals surface area contributed by atoms with Gasteiger partial charge in [0.25, 0.3) is 11.8 Å². The molecule has 2 radical (unpaired) electrons. The summed E-state index contributed by atoms with van der Waals surface area (Å²) in [5.74, 6) is 2.31. The van der Waals surface area contributed by atoms with Crippen molar-refractivity contribution in [1.29, 1.82) is 0 Å². The number of hydrogen-bond acceptors (Lipinski definition) is 10. The van der Waals surface area contributed by atoms with E-state index in [-0.39, 0.29) is 12.0 Å². The summed E-state index contributed by atoms with van der Waals surface area (Å²) < 4.78 is 30.7. The summed E-state index contributed by atoms with van der Waals surface area (Å²) in [5.41, 5.74) is 2.47. The molecular formula is C22H29BN4O6. The molecule has 0 atom stereocenters. The van der Waals surface area contributed by atoms with Gasteiger partial charge >= 0.3 is 12.0 Å². The van der Waals surface area contributed by atoms with Crippen molar-refractivity contribution in [1.82, 2.24) is 19.9 Å². The van der Waals surface area contributed by atoms with E-state index in [1.807, 2.05) is 26.0 Å². The van der Waals surface area contributed by atoms with E-state index < -0.39 is 0 Å². The highest BCUT2D eigenvalue weighted by atomic mass is 16.5. The SMILES string of the molecule is COc1nc(OC)c2oc(C)cc2n1.COc1nc(OC)c2oc(C)cc2n1.[B]CCCC. The zero-order valence-corrected chi connectivity index (χ0v) is 20.1. The van der Waals surface area contributed by atoms with Gasteiger partial charge in [-0.05, 0) is 13.8 Å². The molecule has 0 aliphatic heterocycles. The average molecular weight is 456 g/mol. The summed E-state index contributed by atoms with van der Waals surface area (Å²) >= 11 is 0. The van der Waals surface area contributed by atoms with Gasteiger partial charge in [-0.1, -0.05) is 26.1 Å². The normalized spacial score (nSPS) is 10.2. The number of aryl methyl sites for hydroxylation is 2. The second-order valence-electron chi connectivity index (χ2n) is 6.72. The van der Waals surface area contributed by atoms with Crippen LogP contribution in [0.25, 0.3) is 22.2 Å². The van der Waals surface area contributed by atoms with E-state index in [0.717, 1.165) is 17.8 Å². The van der Waals surface area contributed by atoms with Gasteiger partial charge in [0.1, 0.15) is 22.6 Å². The van der Waals surface area contributed by atoms with Crippen molar-refractivity contribution >= 4 is 30.0 Å². The van der Waals surface area contributed by atoms with E-state index >= 15 is 0 Å². The molecule has 0 saturated heterocycles. The van der Waals surface area contributed by atoms with Crippen molar-refractivity contribution in [2.75, 3.05) is 28.4 Å². The van der Waals surface area contributed by atoms with Crippen LogP contribution in [0.4, 0.5) is 0 Å². The Morgan fingerprint density at radius 2 is 1.15 bits per heavy atom. The van der Waals surface area contributed by atoms with Crippen molar-refractivity contribution in [3.8, 4) is 23.8 Å². The van der Waals surface area contributed by atoms with Crippen molar-refractivity contribution in [3.05, 3.63) is 23.7 Å². The van der Waals surface area contributed by atoms with Crippen LogP contribution < -0.4 is 18.9 Å². The van der Waals surface area contributed by atoms with Crippen molar-refractivity contribution < 1.29 is 27.8 Å².